The number of nitrogens with zero attached hydrogens (tertiary/aromatic N) is 3. The molecule has 3 heterocycles. The highest BCUT2D eigenvalue weighted by atomic mass is 79.9. The zero-order valence-electron chi connectivity index (χ0n) is 15.2. The first-order valence-electron chi connectivity index (χ1n) is 9.30. The fourth-order valence-electron chi connectivity index (χ4n) is 3.70. The van der Waals surface area contributed by atoms with E-state index in [-0.39, 0.29) is 11.9 Å². The van der Waals surface area contributed by atoms with Crippen LogP contribution in [0.25, 0.3) is 10.9 Å². The number of pyridine rings is 2. The molecule has 2 aromatic heterocycles. The largest absolute Gasteiger partial charge is 0.383 e. The summed E-state index contributed by atoms with van der Waals surface area (Å²) >= 11 is 3.40. The van der Waals surface area contributed by atoms with Gasteiger partial charge in [-0.1, -0.05) is 0 Å². The molecule has 1 amide bonds. The molecule has 142 valence electrons. The fraction of sp³-hybridized carbons (Fsp3) is 0.286. The minimum Gasteiger partial charge on any atom is -0.383 e. The molecule has 1 saturated carbocycles. The maximum Gasteiger partial charge on any atom is 0.254 e. The minimum atomic E-state index is 0.0265. The van der Waals surface area contributed by atoms with E-state index in [1.54, 1.807) is 6.20 Å². The van der Waals surface area contributed by atoms with Gasteiger partial charge in [0.2, 0.25) is 0 Å². The van der Waals surface area contributed by atoms with Gasteiger partial charge >= 0.3 is 0 Å². The first-order chi connectivity index (χ1) is 13.6. The third-order valence-electron chi connectivity index (χ3n) is 5.35. The van der Waals surface area contributed by atoms with E-state index in [0.717, 1.165) is 45.0 Å². The zero-order chi connectivity index (χ0) is 19.3. The third kappa shape index (κ3) is 3.14. The Morgan fingerprint density at radius 2 is 2.04 bits per heavy atom. The summed E-state index contributed by atoms with van der Waals surface area (Å²) in [5.74, 6) is 0.540. The number of nitrogens with two attached hydrogens (primary N) is 1. The predicted molar refractivity (Wildman–Crippen MR) is 109 cm³/mol. The number of anilines is 1. The van der Waals surface area contributed by atoms with Crippen molar-refractivity contribution in [3.63, 3.8) is 0 Å². The molecule has 1 aromatic carbocycles. The summed E-state index contributed by atoms with van der Waals surface area (Å²) in [5, 5.41) is 0.949. The van der Waals surface area contributed by atoms with Crippen molar-refractivity contribution in [2.24, 2.45) is 0 Å². The van der Waals surface area contributed by atoms with Crippen LogP contribution < -0.4 is 5.73 Å². The van der Waals surface area contributed by atoms with E-state index in [1.807, 2.05) is 35.2 Å². The van der Waals surface area contributed by atoms with Crippen LogP contribution in [0.3, 0.4) is 0 Å². The molecule has 0 atom stereocenters. The third-order valence-corrected chi connectivity index (χ3v) is 5.81. The lowest BCUT2D eigenvalue weighted by atomic mass is 10.0. The standard InChI is InChI=1S/C21H19BrN4O2/c22-13-2-3-14(24-8-13)9-26(15-4-5-15)21(27)12-1-6-19-16(7-12)17-10-28-11-18(17)20(23)25-19/h1-3,6-8,15H,4-5,9-11H2,(H2,23,25). The van der Waals surface area contributed by atoms with Gasteiger partial charge in [0.1, 0.15) is 5.82 Å². The number of carbonyl (C=O) groups is 1. The van der Waals surface area contributed by atoms with Gasteiger partial charge < -0.3 is 15.4 Å². The molecule has 0 saturated heterocycles. The van der Waals surface area contributed by atoms with E-state index in [9.17, 15) is 4.79 Å². The number of hydrogen-bond acceptors (Lipinski definition) is 5. The summed E-state index contributed by atoms with van der Waals surface area (Å²) in [6, 6.07) is 9.83. The molecular formula is C21H19BrN4O2. The van der Waals surface area contributed by atoms with Crippen molar-refractivity contribution in [1.82, 2.24) is 14.9 Å². The van der Waals surface area contributed by atoms with Gasteiger partial charge in [-0.3, -0.25) is 9.78 Å². The number of benzene rings is 1. The normalized spacial score (nSPS) is 15.6. The molecule has 0 unspecified atom stereocenters. The molecule has 5 rings (SSSR count). The zero-order valence-corrected chi connectivity index (χ0v) is 16.8. The summed E-state index contributed by atoms with van der Waals surface area (Å²) in [6.07, 6.45) is 3.84. The number of carbonyl (C=O) groups excluding carboxylic acids is 1. The molecule has 1 fully saturated rings. The fourth-order valence-corrected chi connectivity index (χ4v) is 3.93. The van der Waals surface area contributed by atoms with E-state index >= 15 is 0 Å². The van der Waals surface area contributed by atoms with Crippen molar-refractivity contribution in [2.75, 3.05) is 5.73 Å². The molecule has 3 aromatic rings. The number of rotatable bonds is 4. The molecule has 1 aliphatic heterocycles. The number of hydrogen-bond donors (Lipinski definition) is 1. The number of halogens is 1. The molecule has 0 radical (unpaired) electrons. The van der Waals surface area contributed by atoms with Crippen molar-refractivity contribution in [1.29, 1.82) is 0 Å². The number of aromatic nitrogens is 2. The highest BCUT2D eigenvalue weighted by molar-refractivity contribution is 9.10. The summed E-state index contributed by atoms with van der Waals surface area (Å²) < 4.78 is 6.49. The topological polar surface area (TPSA) is 81.3 Å². The summed E-state index contributed by atoms with van der Waals surface area (Å²) in [4.78, 5) is 24.2. The predicted octanol–water partition coefficient (Wildman–Crippen LogP) is 3.81. The van der Waals surface area contributed by atoms with Crippen LogP contribution in [-0.4, -0.2) is 26.8 Å². The average molecular weight is 439 g/mol. The SMILES string of the molecule is Nc1nc2ccc(C(=O)N(Cc3ccc(Br)cn3)C3CC3)cc2c2c1COC2. The molecule has 0 bridgehead atoms. The summed E-state index contributed by atoms with van der Waals surface area (Å²) in [6.45, 7) is 1.49. The van der Waals surface area contributed by atoms with Crippen molar-refractivity contribution >= 4 is 38.6 Å². The van der Waals surface area contributed by atoms with Gasteiger partial charge in [0, 0.05) is 33.2 Å². The number of nitrogen functional groups attached to an aromatic ring is 1. The lowest BCUT2D eigenvalue weighted by Gasteiger charge is -2.22. The molecule has 7 heteroatoms. The maximum absolute atomic E-state index is 13.3. The molecule has 6 nitrogen and oxygen atoms in total. The monoisotopic (exact) mass is 438 g/mol. The summed E-state index contributed by atoms with van der Waals surface area (Å²) in [5.41, 5.74) is 10.4. The lowest BCUT2D eigenvalue weighted by Crippen LogP contribution is -2.32. The Hall–Kier alpha value is -2.51. The van der Waals surface area contributed by atoms with Gasteiger partial charge in [-0.15, -0.1) is 0 Å². The maximum atomic E-state index is 13.3. The van der Waals surface area contributed by atoms with Gasteiger partial charge in [-0.2, -0.15) is 0 Å². The number of ether oxygens (including phenoxy) is 1. The minimum absolute atomic E-state index is 0.0265. The number of fused-ring (bicyclic) bond motifs is 3. The van der Waals surface area contributed by atoms with E-state index < -0.39 is 0 Å². The smallest absolute Gasteiger partial charge is 0.254 e. The molecule has 1 aliphatic carbocycles. The molecular weight excluding hydrogens is 420 g/mol. The second-order valence-electron chi connectivity index (χ2n) is 7.31. The van der Waals surface area contributed by atoms with E-state index in [2.05, 4.69) is 25.9 Å². The molecule has 2 N–H and O–H groups in total. The van der Waals surface area contributed by atoms with Crippen LogP contribution in [0.5, 0.6) is 0 Å². The average Bonchev–Trinajstić information content (AvgIpc) is 3.41. The molecule has 2 aliphatic rings. The highest BCUT2D eigenvalue weighted by Crippen LogP contribution is 2.33. The van der Waals surface area contributed by atoms with Gasteiger partial charge in [0.25, 0.3) is 5.91 Å². The van der Waals surface area contributed by atoms with Crippen molar-refractivity contribution in [3.8, 4) is 0 Å². The lowest BCUT2D eigenvalue weighted by molar-refractivity contribution is 0.0728. The highest BCUT2D eigenvalue weighted by Gasteiger charge is 2.33. The first kappa shape index (κ1) is 17.6. The Morgan fingerprint density at radius 1 is 1.21 bits per heavy atom. The Morgan fingerprint density at radius 3 is 2.79 bits per heavy atom. The van der Waals surface area contributed by atoms with Crippen molar-refractivity contribution in [3.05, 3.63) is 63.4 Å². The van der Waals surface area contributed by atoms with Crippen LogP contribution in [0.15, 0.2) is 41.0 Å². The number of amides is 1. The van der Waals surface area contributed by atoms with Crippen LogP contribution >= 0.6 is 15.9 Å². The van der Waals surface area contributed by atoms with Gasteiger partial charge in [0.05, 0.1) is 31.0 Å². The molecule has 0 spiro atoms. The molecule has 28 heavy (non-hydrogen) atoms. The van der Waals surface area contributed by atoms with Crippen LogP contribution in [-0.2, 0) is 24.5 Å². The second-order valence-corrected chi connectivity index (χ2v) is 8.23. The van der Waals surface area contributed by atoms with E-state index in [0.29, 0.717) is 31.1 Å². The van der Waals surface area contributed by atoms with Crippen LogP contribution in [0.2, 0.25) is 0 Å². The van der Waals surface area contributed by atoms with Crippen molar-refractivity contribution in [2.45, 2.75) is 38.6 Å². The van der Waals surface area contributed by atoms with Crippen LogP contribution in [0, 0.1) is 0 Å². The van der Waals surface area contributed by atoms with Crippen molar-refractivity contribution < 1.29 is 9.53 Å². The van der Waals surface area contributed by atoms with Gasteiger partial charge in [0.15, 0.2) is 0 Å². The Bertz CT molecular complexity index is 1080. The Labute approximate surface area is 170 Å². The van der Waals surface area contributed by atoms with E-state index in [1.165, 1.54) is 0 Å². The van der Waals surface area contributed by atoms with E-state index in [4.69, 9.17) is 10.5 Å². The Kier molecular flexibility index (Phi) is 4.29. The van der Waals surface area contributed by atoms with Crippen LogP contribution in [0.1, 0.15) is 40.0 Å². The van der Waals surface area contributed by atoms with Gasteiger partial charge in [-0.25, -0.2) is 4.98 Å². The van der Waals surface area contributed by atoms with Gasteiger partial charge in [-0.05, 0) is 64.7 Å². The van der Waals surface area contributed by atoms with Crippen LogP contribution in [0.4, 0.5) is 5.82 Å². The Balaban J connectivity index is 1.50. The quantitative estimate of drug-likeness (QED) is 0.669. The first-order valence-corrected chi connectivity index (χ1v) is 10.1. The summed E-state index contributed by atoms with van der Waals surface area (Å²) in [7, 11) is 0. The second kappa shape index (κ2) is 6.83.